The monoisotopic (exact) mass is 613 g/mol. The molecular formula is C28H31N5O5S3. The van der Waals surface area contributed by atoms with Crippen LogP contribution < -0.4 is 10.6 Å². The Hall–Kier alpha value is -3.36. The van der Waals surface area contributed by atoms with Crippen molar-refractivity contribution in [1.29, 1.82) is 0 Å². The van der Waals surface area contributed by atoms with Gasteiger partial charge in [-0.1, -0.05) is 36.4 Å². The van der Waals surface area contributed by atoms with Gasteiger partial charge in [0.25, 0.3) is 10.0 Å². The Morgan fingerprint density at radius 2 is 1.78 bits per heavy atom. The number of amides is 2. The zero-order valence-corrected chi connectivity index (χ0v) is 25.1. The Kier molecular flexibility index (Phi) is 8.43. The first kappa shape index (κ1) is 29.1. The van der Waals surface area contributed by atoms with E-state index >= 15 is 0 Å². The van der Waals surface area contributed by atoms with Crippen molar-refractivity contribution >= 4 is 53.8 Å². The Balaban J connectivity index is 1.15. The maximum Gasteiger partial charge on any atom is 0.319 e. The topological polar surface area (TPSA) is 129 Å². The first-order valence-corrected chi connectivity index (χ1v) is 16.9. The lowest BCUT2D eigenvalue weighted by atomic mass is 10.1. The first-order chi connectivity index (χ1) is 19.6. The van der Waals surface area contributed by atoms with Crippen LogP contribution in [0, 0.1) is 6.92 Å². The number of likely N-dealkylation sites (N-methyl/N-ethyl adjacent to an activating group) is 1. The molecule has 1 aliphatic rings. The van der Waals surface area contributed by atoms with Crippen LogP contribution >= 0.6 is 11.3 Å². The molecule has 1 atom stereocenters. The van der Waals surface area contributed by atoms with Gasteiger partial charge < -0.3 is 10.6 Å². The van der Waals surface area contributed by atoms with Crippen LogP contribution in [0.5, 0.6) is 0 Å². The molecule has 0 aliphatic carbocycles. The van der Waals surface area contributed by atoms with Gasteiger partial charge >= 0.3 is 6.03 Å². The summed E-state index contributed by atoms with van der Waals surface area (Å²) in [5.41, 5.74) is 2.30. The second-order valence-electron chi connectivity index (χ2n) is 9.89. The number of para-hydroxylation sites is 1. The highest BCUT2D eigenvalue weighted by Gasteiger charge is 2.34. The Morgan fingerprint density at radius 3 is 2.56 bits per heavy atom. The van der Waals surface area contributed by atoms with Crippen LogP contribution in [-0.2, 0) is 19.9 Å². The minimum Gasteiger partial charge on any atom is -0.337 e. The summed E-state index contributed by atoms with van der Waals surface area (Å²) in [7, 11) is -6.16. The molecule has 0 saturated carbocycles. The summed E-state index contributed by atoms with van der Waals surface area (Å²) >= 11 is 0.904. The van der Waals surface area contributed by atoms with Gasteiger partial charge in [0, 0.05) is 49.2 Å². The quantitative estimate of drug-likeness (QED) is 0.293. The smallest absolute Gasteiger partial charge is 0.319 e. The molecule has 2 aromatic heterocycles. The molecule has 41 heavy (non-hydrogen) atoms. The summed E-state index contributed by atoms with van der Waals surface area (Å²) in [6, 6.07) is 18.0. The fourth-order valence-corrected chi connectivity index (χ4v) is 9.33. The number of hydrogen-bond donors (Lipinski definition) is 2. The predicted octanol–water partition coefficient (Wildman–Crippen LogP) is 3.95. The third kappa shape index (κ3) is 6.28. The number of fused-ring (bicyclic) bond motifs is 1. The molecule has 0 radical (unpaired) electrons. The standard InChI is InChI=1S/C28H31N5O5S3/c1-20-16-26(24-10-6-7-11-25(24)30-20)31-28(34)29-13-15-33-14-12-21(18-33)32(2)41(37,38)27-17-23(19-39-27)40(35,36)22-8-4-3-5-9-22/h3-11,16-17,19,21H,12-15,18H2,1-2H3,(H2,29,30,31,34). The van der Waals surface area contributed by atoms with Gasteiger partial charge in [0.05, 0.1) is 21.0 Å². The summed E-state index contributed by atoms with van der Waals surface area (Å²) in [4.78, 5) is 19.2. The molecule has 1 saturated heterocycles. The third-order valence-corrected chi connectivity index (χ3v) is 12.3. The van der Waals surface area contributed by atoms with Crippen molar-refractivity contribution in [3.05, 3.63) is 77.8 Å². The van der Waals surface area contributed by atoms with E-state index in [-0.39, 0.29) is 26.1 Å². The number of anilines is 1. The minimum absolute atomic E-state index is 0.00911. The van der Waals surface area contributed by atoms with Crippen LogP contribution in [0.2, 0.25) is 0 Å². The molecule has 10 nitrogen and oxygen atoms in total. The zero-order chi connectivity index (χ0) is 29.2. The lowest BCUT2D eigenvalue weighted by Crippen LogP contribution is -2.40. The highest BCUT2D eigenvalue weighted by atomic mass is 32.2. The van der Waals surface area contributed by atoms with Crippen molar-refractivity contribution in [3.8, 4) is 0 Å². The molecule has 2 N–H and O–H groups in total. The van der Waals surface area contributed by atoms with Gasteiger partial charge in [-0.15, -0.1) is 11.3 Å². The molecule has 0 bridgehead atoms. The number of carbonyl (C=O) groups is 1. The van der Waals surface area contributed by atoms with E-state index in [0.717, 1.165) is 27.9 Å². The molecule has 5 rings (SSSR count). The summed E-state index contributed by atoms with van der Waals surface area (Å²) in [6.07, 6.45) is 0.630. The normalized spacial score (nSPS) is 16.3. The first-order valence-electron chi connectivity index (χ1n) is 13.1. The van der Waals surface area contributed by atoms with E-state index in [9.17, 15) is 21.6 Å². The summed E-state index contributed by atoms with van der Waals surface area (Å²) < 4.78 is 53.9. The van der Waals surface area contributed by atoms with E-state index in [2.05, 4.69) is 20.5 Å². The Labute approximate surface area is 244 Å². The number of likely N-dealkylation sites (tertiary alicyclic amines) is 1. The van der Waals surface area contributed by atoms with Gasteiger partial charge in [-0.2, -0.15) is 4.31 Å². The number of hydrogen-bond acceptors (Lipinski definition) is 8. The second-order valence-corrected chi connectivity index (χ2v) is 15.0. The van der Waals surface area contributed by atoms with Crippen LogP contribution in [0.1, 0.15) is 12.1 Å². The number of rotatable bonds is 9. The SMILES string of the molecule is Cc1cc(NC(=O)NCCN2CCC(N(C)S(=O)(=O)c3cc(S(=O)(=O)c4ccccc4)cs3)C2)c2ccccc2n1. The van der Waals surface area contributed by atoms with Crippen molar-refractivity contribution in [2.24, 2.45) is 0 Å². The second kappa shape index (κ2) is 11.9. The van der Waals surface area contributed by atoms with Gasteiger partial charge in [0.2, 0.25) is 9.84 Å². The van der Waals surface area contributed by atoms with E-state index in [1.165, 1.54) is 34.9 Å². The van der Waals surface area contributed by atoms with Gasteiger partial charge in [-0.25, -0.2) is 21.6 Å². The number of nitrogens with zero attached hydrogens (tertiary/aromatic N) is 3. The van der Waals surface area contributed by atoms with Crippen molar-refractivity contribution < 1.29 is 21.6 Å². The number of benzene rings is 2. The number of nitrogens with one attached hydrogen (secondary N) is 2. The average molecular weight is 614 g/mol. The average Bonchev–Trinajstić information content (AvgIpc) is 3.64. The van der Waals surface area contributed by atoms with Crippen LogP contribution in [-0.4, -0.2) is 76.3 Å². The number of carbonyl (C=O) groups excluding carboxylic acids is 1. The Bertz CT molecular complexity index is 1780. The molecule has 1 unspecified atom stereocenters. The molecule has 13 heteroatoms. The van der Waals surface area contributed by atoms with Crippen LogP contribution in [0.4, 0.5) is 10.5 Å². The molecule has 0 spiro atoms. The molecule has 4 aromatic rings. The van der Waals surface area contributed by atoms with Crippen LogP contribution in [0.25, 0.3) is 10.9 Å². The number of aromatic nitrogens is 1. The largest absolute Gasteiger partial charge is 0.337 e. The molecule has 1 aliphatic heterocycles. The van der Waals surface area contributed by atoms with E-state index in [1.54, 1.807) is 18.2 Å². The fraction of sp³-hybridized carbons (Fsp3) is 0.286. The molecule has 2 aromatic carbocycles. The number of pyridine rings is 1. The van der Waals surface area contributed by atoms with E-state index in [4.69, 9.17) is 0 Å². The van der Waals surface area contributed by atoms with E-state index in [1.807, 2.05) is 37.3 Å². The van der Waals surface area contributed by atoms with Gasteiger partial charge in [0.15, 0.2) is 0 Å². The molecule has 3 heterocycles. The van der Waals surface area contributed by atoms with Gasteiger partial charge in [-0.3, -0.25) is 9.88 Å². The number of sulfonamides is 1. The fourth-order valence-electron chi connectivity index (χ4n) is 4.87. The summed E-state index contributed by atoms with van der Waals surface area (Å²) in [6.45, 7) is 4.02. The zero-order valence-electron chi connectivity index (χ0n) is 22.6. The number of urea groups is 1. The maximum atomic E-state index is 13.3. The highest BCUT2D eigenvalue weighted by molar-refractivity contribution is 7.92. The minimum atomic E-state index is -3.88. The molecular weight excluding hydrogens is 583 g/mol. The van der Waals surface area contributed by atoms with Crippen LogP contribution in [0.3, 0.4) is 0 Å². The van der Waals surface area contributed by atoms with Gasteiger partial charge in [0.1, 0.15) is 4.21 Å². The number of aryl methyl sites for hydroxylation is 1. The molecule has 1 fully saturated rings. The lowest BCUT2D eigenvalue weighted by Gasteiger charge is -2.23. The van der Waals surface area contributed by atoms with Crippen molar-refractivity contribution in [2.45, 2.75) is 33.4 Å². The number of thiophene rings is 1. The van der Waals surface area contributed by atoms with Crippen molar-refractivity contribution in [3.63, 3.8) is 0 Å². The molecule has 216 valence electrons. The van der Waals surface area contributed by atoms with Crippen LogP contribution in [0.15, 0.2) is 86.1 Å². The van der Waals surface area contributed by atoms with Gasteiger partial charge in [-0.05, 0) is 50.2 Å². The number of sulfone groups is 1. The highest BCUT2D eigenvalue weighted by Crippen LogP contribution is 2.31. The molecule has 2 amide bonds. The maximum absolute atomic E-state index is 13.3. The van der Waals surface area contributed by atoms with Crippen molar-refractivity contribution in [1.82, 2.24) is 19.5 Å². The lowest BCUT2D eigenvalue weighted by molar-refractivity contribution is 0.248. The predicted molar refractivity (Wildman–Crippen MR) is 160 cm³/mol. The van der Waals surface area contributed by atoms with E-state index in [0.29, 0.717) is 38.3 Å². The third-order valence-electron chi connectivity index (χ3n) is 7.12. The van der Waals surface area contributed by atoms with Crippen molar-refractivity contribution in [2.75, 3.05) is 38.5 Å². The summed E-state index contributed by atoms with van der Waals surface area (Å²) in [5.74, 6) is 0. The summed E-state index contributed by atoms with van der Waals surface area (Å²) in [5, 5.41) is 8.00. The Morgan fingerprint density at radius 1 is 1.05 bits per heavy atom. The van der Waals surface area contributed by atoms with E-state index < -0.39 is 19.9 Å².